The monoisotopic (exact) mass is 223 g/mol. The van der Waals surface area contributed by atoms with Crippen molar-refractivity contribution in [3.63, 3.8) is 0 Å². The van der Waals surface area contributed by atoms with Crippen LogP contribution in [0.15, 0.2) is 0 Å². The van der Waals surface area contributed by atoms with Gasteiger partial charge in [-0.25, -0.2) is 8.42 Å². The van der Waals surface area contributed by atoms with Crippen molar-refractivity contribution in [2.45, 2.75) is 38.6 Å². The van der Waals surface area contributed by atoms with E-state index in [9.17, 15) is 8.42 Å². The highest BCUT2D eigenvalue weighted by Crippen LogP contribution is 2.02. The third-order valence-corrected chi connectivity index (χ3v) is 3.87. The van der Waals surface area contributed by atoms with Crippen LogP contribution in [0.25, 0.3) is 0 Å². The number of hydrogen-bond donors (Lipinski definition) is 2. The average Bonchev–Trinajstić information content (AvgIpc) is 2.03. The SMILES string of the molecule is CCCCCS(=O)(=O)CC(N)CCO. The van der Waals surface area contributed by atoms with Crippen LogP contribution in [0, 0.1) is 0 Å². The molecule has 0 rings (SSSR count). The lowest BCUT2D eigenvalue weighted by molar-refractivity contribution is 0.279. The Labute approximate surface area is 86.4 Å². The molecule has 0 saturated heterocycles. The molecule has 0 aliphatic carbocycles. The first-order valence-corrected chi connectivity index (χ1v) is 6.91. The summed E-state index contributed by atoms with van der Waals surface area (Å²) in [6.45, 7) is 1.98. The molecular weight excluding hydrogens is 202 g/mol. The van der Waals surface area contributed by atoms with Crippen LogP contribution in [-0.4, -0.2) is 37.7 Å². The lowest BCUT2D eigenvalue weighted by Crippen LogP contribution is -2.31. The summed E-state index contributed by atoms with van der Waals surface area (Å²) >= 11 is 0. The van der Waals surface area contributed by atoms with E-state index in [1.54, 1.807) is 0 Å². The molecule has 0 aliphatic rings. The van der Waals surface area contributed by atoms with E-state index in [0.29, 0.717) is 12.8 Å². The van der Waals surface area contributed by atoms with Crippen molar-refractivity contribution in [2.75, 3.05) is 18.1 Å². The summed E-state index contributed by atoms with van der Waals surface area (Å²) in [6.07, 6.45) is 3.02. The summed E-state index contributed by atoms with van der Waals surface area (Å²) in [5, 5.41) is 8.57. The average molecular weight is 223 g/mol. The van der Waals surface area contributed by atoms with Gasteiger partial charge in [0.15, 0.2) is 9.84 Å². The minimum absolute atomic E-state index is 0.00270. The molecule has 4 nitrogen and oxygen atoms in total. The van der Waals surface area contributed by atoms with Crippen LogP contribution in [-0.2, 0) is 9.84 Å². The zero-order chi connectivity index (χ0) is 11.0. The molecule has 0 aromatic heterocycles. The lowest BCUT2D eigenvalue weighted by Gasteiger charge is -2.10. The molecule has 14 heavy (non-hydrogen) atoms. The van der Waals surface area contributed by atoms with E-state index < -0.39 is 15.9 Å². The summed E-state index contributed by atoms with van der Waals surface area (Å²) in [7, 11) is -3.01. The van der Waals surface area contributed by atoms with Crippen molar-refractivity contribution in [1.82, 2.24) is 0 Å². The Balaban J connectivity index is 3.82. The first-order valence-electron chi connectivity index (χ1n) is 5.08. The van der Waals surface area contributed by atoms with Crippen LogP contribution < -0.4 is 5.73 Å². The normalized spacial score (nSPS) is 14.2. The predicted octanol–water partition coefficient (Wildman–Crippen LogP) is 0.301. The number of hydrogen-bond acceptors (Lipinski definition) is 4. The predicted molar refractivity (Wildman–Crippen MR) is 57.9 cm³/mol. The maximum atomic E-state index is 11.4. The first kappa shape index (κ1) is 13.9. The lowest BCUT2D eigenvalue weighted by atomic mass is 10.3. The molecule has 0 saturated carbocycles. The summed E-state index contributed by atoms with van der Waals surface area (Å²) in [5.74, 6) is 0.219. The summed E-state index contributed by atoms with van der Waals surface area (Å²) < 4.78 is 22.9. The van der Waals surface area contributed by atoms with Gasteiger partial charge in [-0.1, -0.05) is 19.8 Å². The molecule has 0 radical (unpaired) electrons. The molecule has 0 aromatic rings. The number of nitrogens with two attached hydrogens (primary N) is 1. The van der Waals surface area contributed by atoms with Gasteiger partial charge in [-0.3, -0.25) is 0 Å². The Morgan fingerprint density at radius 2 is 2.00 bits per heavy atom. The Kier molecular flexibility index (Phi) is 7.13. The van der Waals surface area contributed by atoms with Crippen molar-refractivity contribution in [2.24, 2.45) is 5.73 Å². The first-order chi connectivity index (χ1) is 6.52. The van der Waals surface area contributed by atoms with Gasteiger partial charge in [0.2, 0.25) is 0 Å². The minimum atomic E-state index is -3.01. The van der Waals surface area contributed by atoms with Crippen molar-refractivity contribution >= 4 is 9.84 Å². The quantitative estimate of drug-likeness (QED) is 0.580. The molecule has 0 fully saturated rings. The molecule has 1 unspecified atom stereocenters. The third-order valence-electron chi connectivity index (χ3n) is 2.03. The second kappa shape index (κ2) is 7.20. The maximum absolute atomic E-state index is 11.4. The van der Waals surface area contributed by atoms with E-state index >= 15 is 0 Å². The van der Waals surface area contributed by atoms with Gasteiger partial charge in [-0.05, 0) is 12.8 Å². The van der Waals surface area contributed by atoms with Gasteiger partial charge in [0.05, 0.1) is 11.5 Å². The topological polar surface area (TPSA) is 80.4 Å². The zero-order valence-electron chi connectivity index (χ0n) is 8.78. The fraction of sp³-hybridized carbons (Fsp3) is 1.00. The molecule has 5 heteroatoms. The number of unbranched alkanes of at least 4 members (excludes halogenated alkanes) is 2. The van der Waals surface area contributed by atoms with E-state index in [1.165, 1.54) is 0 Å². The highest BCUT2D eigenvalue weighted by atomic mass is 32.2. The molecule has 0 aliphatic heterocycles. The Hall–Kier alpha value is -0.130. The summed E-state index contributed by atoms with van der Waals surface area (Å²) in [4.78, 5) is 0. The second-order valence-corrected chi connectivity index (χ2v) is 5.82. The van der Waals surface area contributed by atoms with Gasteiger partial charge < -0.3 is 10.8 Å². The molecule has 1 atom stereocenters. The van der Waals surface area contributed by atoms with Gasteiger partial charge in [0.1, 0.15) is 0 Å². The number of rotatable bonds is 8. The van der Waals surface area contributed by atoms with E-state index in [2.05, 4.69) is 0 Å². The van der Waals surface area contributed by atoms with Gasteiger partial charge in [-0.15, -0.1) is 0 Å². The largest absolute Gasteiger partial charge is 0.396 e. The van der Waals surface area contributed by atoms with Gasteiger partial charge >= 0.3 is 0 Å². The van der Waals surface area contributed by atoms with Gasteiger partial charge in [-0.2, -0.15) is 0 Å². The zero-order valence-corrected chi connectivity index (χ0v) is 9.59. The second-order valence-electron chi connectivity index (χ2n) is 3.59. The molecule has 3 N–H and O–H groups in total. The third kappa shape index (κ3) is 7.29. The van der Waals surface area contributed by atoms with Crippen LogP contribution in [0.1, 0.15) is 32.6 Å². The molecule has 0 aromatic carbocycles. The van der Waals surface area contributed by atoms with E-state index in [1.807, 2.05) is 6.92 Å². The minimum Gasteiger partial charge on any atom is -0.396 e. The van der Waals surface area contributed by atoms with Crippen LogP contribution in [0.2, 0.25) is 0 Å². The Bertz CT molecular complexity index is 226. The van der Waals surface area contributed by atoms with E-state index in [-0.39, 0.29) is 18.1 Å². The van der Waals surface area contributed by atoms with Gasteiger partial charge in [0.25, 0.3) is 0 Å². The molecule has 0 heterocycles. The molecule has 0 amide bonds. The Morgan fingerprint density at radius 1 is 1.36 bits per heavy atom. The van der Waals surface area contributed by atoms with Crippen molar-refractivity contribution in [3.8, 4) is 0 Å². The smallest absolute Gasteiger partial charge is 0.151 e. The Morgan fingerprint density at radius 3 is 2.50 bits per heavy atom. The number of aliphatic hydroxyl groups excluding tert-OH is 1. The van der Waals surface area contributed by atoms with Crippen LogP contribution in [0.5, 0.6) is 0 Å². The molecule has 86 valence electrons. The van der Waals surface area contributed by atoms with Crippen molar-refractivity contribution < 1.29 is 13.5 Å². The summed E-state index contributed by atoms with van der Waals surface area (Å²) in [5.41, 5.74) is 5.54. The number of sulfone groups is 1. The fourth-order valence-electron chi connectivity index (χ4n) is 1.23. The molecule has 0 bridgehead atoms. The van der Waals surface area contributed by atoms with Crippen molar-refractivity contribution in [3.05, 3.63) is 0 Å². The van der Waals surface area contributed by atoms with Gasteiger partial charge in [0, 0.05) is 12.6 Å². The standard InChI is InChI=1S/C9H21NO3S/c1-2-3-4-7-14(12,13)8-9(10)5-6-11/h9,11H,2-8,10H2,1H3. The van der Waals surface area contributed by atoms with Crippen LogP contribution >= 0.6 is 0 Å². The summed E-state index contributed by atoms with van der Waals surface area (Å²) in [6, 6.07) is -0.424. The highest BCUT2D eigenvalue weighted by Gasteiger charge is 2.15. The molecule has 0 spiro atoms. The molecular formula is C9H21NO3S. The highest BCUT2D eigenvalue weighted by molar-refractivity contribution is 7.91. The van der Waals surface area contributed by atoms with E-state index in [0.717, 1.165) is 12.8 Å². The van der Waals surface area contributed by atoms with Crippen molar-refractivity contribution in [1.29, 1.82) is 0 Å². The fourth-order valence-corrected chi connectivity index (χ4v) is 2.86. The number of aliphatic hydroxyl groups is 1. The van der Waals surface area contributed by atoms with E-state index in [4.69, 9.17) is 10.8 Å². The van der Waals surface area contributed by atoms with Crippen LogP contribution in [0.4, 0.5) is 0 Å². The maximum Gasteiger partial charge on any atom is 0.151 e. The van der Waals surface area contributed by atoms with Crippen LogP contribution in [0.3, 0.4) is 0 Å².